The molecule has 108 valence electrons. The molecule has 2 atom stereocenters. The highest BCUT2D eigenvalue weighted by atomic mass is 16.5. The molecule has 19 heavy (non-hydrogen) atoms. The van der Waals surface area contributed by atoms with Crippen LogP contribution < -0.4 is 5.32 Å². The fraction of sp³-hybridized carbons (Fsp3) is 0.647. The third-order valence-corrected chi connectivity index (χ3v) is 3.51. The molecule has 0 radical (unpaired) electrons. The van der Waals surface area contributed by atoms with Crippen molar-refractivity contribution < 1.29 is 4.74 Å². The van der Waals surface area contributed by atoms with Crippen LogP contribution in [0.25, 0.3) is 0 Å². The molecule has 0 aliphatic rings. The van der Waals surface area contributed by atoms with E-state index in [0.717, 1.165) is 19.4 Å². The molecule has 1 N–H and O–H groups in total. The van der Waals surface area contributed by atoms with Crippen LogP contribution in [0.2, 0.25) is 0 Å². The Balaban J connectivity index is 2.53. The van der Waals surface area contributed by atoms with Gasteiger partial charge in [-0.15, -0.1) is 0 Å². The summed E-state index contributed by atoms with van der Waals surface area (Å²) < 4.78 is 5.91. The standard InChI is InChI=1S/C17H29NO/c1-5-7-14(3)19-13-17(18-4)16-11-9-15(8-6-2)10-12-16/h9-12,14,17-18H,5-8,13H2,1-4H3. The molecule has 2 nitrogen and oxygen atoms in total. The summed E-state index contributed by atoms with van der Waals surface area (Å²) in [7, 11) is 2.00. The Bertz CT molecular complexity index is 334. The van der Waals surface area contributed by atoms with E-state index in [-0.39, 0.29) is 6.04 Å². The summed E-state index contributed by atoms with van der Waals surface area (Å²) in [6.45, 7) is 7.31. The van der Waals surface area contributed by atoms with Crippen molar-refractivity contribution in [3.63, 3.8) is 0 Å². The lowest BCUT2D eigenvalue weighted by molar-refractivity contribution is 0.0453. The molecular formula is C17H29NO. The predicted molar refractivity (Wildman–Crippen MR) is 82.6 cm³/mol. The highest BCUT2D eigenvalue weighted by Crippen LogP contribution is 2.16. The molecule has 0 saturated heterocycles. The van der Waals surface area contributed by atoms with Crippen LogP contribution in [0.4, 0.5) is 0 Å². The van der Waals surface area contributed by atoms with Gasteiger partial charge in [0.1, 0.15) is 0 Å². The van der Waals surface area contributed by atoms with Gasteiger partial charge in [0.05, 0.1) is 18.8 Å². The zero-order valence-corrected chi connectivity index (χ0v) is 12.9. The third-order valence-electron chi connectivity index (χ3n) is 3.51. The molecule has 1 aromatic rings. The number of benzene rings is 1. The van der Waals surface area contributed by atoms with E-state index in [9.17, 15) is 0 Å². The first-order valence-electron chi connectivity index (χ1n) is 7.58. The topological polar surface area (TPSA) is 21.3 Å². The zero-order chi connectivity index (χ0) is 14.1. The van der Waals surface area contributed by atoms with E-state index < -0.39 is 0 Å². The average Bonchev–Trinajstić information content (AvgIpc) is 2.42. The first kappa shape index (κ1) is 16.2. The summed E-state index contributed by atoms with van der Waals surface area (Å²) in [4.78, 5) is 0. The molecule has 1 rings (SSSR count). The van der Waals surface area contributed by atoms with Crippen LogP contribution in [0, 0.1) is 0 Å². The maximum absolute atomic E-state index is 5.91. The van der Waals surface area contributed by atoms with Gasteiger partial charge in [0.15, 0.2) is 0 Å². The monoisotopic (exact) mass is 263 g/mol. The lowest BCUT2D eigenvalue weighted by Gasteiger charge is -2.20. The van der Waals surface area contributed by atoms with Gasteiger partial charge in [0.25, 0.3) is 0 Å². The van der Waals surface area contributed by atoms with Crippen molar-refractivity contribution in [2.45, 2.75) is 58.6 Å². The van der Waals surface area contributed by atoms with Crippen LogP contribution in [-0.2, 0) is 11.2 Å². The Labute approximate surface area is 118 Å². The van der Waals surface area contributed by atoms with Gasteiger partial charge in [-0.3, -0.25) is 0 Å². The smallest absolute Gasteiger partial charge is 0.0665 e. The number of rotatable bonds is 9. The highest BCUT2D eigenvalue weighted by molar-refractivity contribution is 5.25. The van der Waals surface area contributed by atoms with E-state index in [4.69, 9.17) is 4.74 Å². The van der Waals surface area contributed by atoms with Gasteiger partial charge in [-0.2, -0.15) is 0 Å². The summed E-state index contributed by atoms with van der Waals surface area (Å²) in [5.41, 5.74) is 2.73. The van der Waals surface area contributed by atoms with Crippen LogP contribution in [0.5, 0.6) is 0 Å². The summed E-state index contributed by atoms with van der Waals surface area (Å²) >= 11 is 0. The van der Waals surface area contributed by atoms with Crippen LogP contribution in [0.3, 0.4) is 0 Å². The van der Waals surface area contributed by atoms with Crippen LogP contribution in [0.15, 0.2) is 24.3 Å². The molecular weight excluding hydrogens is 234 g/mol. The van der Waals surface area contributed by atoms with Gasteiger partial charge in [0.2, 0.25) is 0 Å². The molecule has 2 heteroatoms. The first-order chi connectivity index (χ1) is 9.21. The number of hydrogen-bond acceptors (Lipinski definition) is 2. The number of likely N-dealkylation sites (N-methyl/N-ethyl adjacent to an activating group) is 1. The maximum atomic E-state index is 5.91. The summed E-state index contributed by atoms with van der Waals surface area (Å²) in [6.07, 6.45) is 5.02. The third kappa shape index (κ3) is 5.75. The van der Waals surface area contributed by atoms with E-state index in [1.807, 2.05) is 7.05 Å². The van der Waals surface area contributed by atoms with Crippen molar-refractivity contribution in [1.29, 1.82) is 0 Å². The van der Waals surface area contributed by atoms with Gasteiger partial charge in [-0.05, 0) is 37.9 Å². The Morgan fingerprint density at radius 1 is 1.11 bits per heavy atom. The first-order valence-corrected chi connectivity index (χ1v) is 7.58. The van der Waals surface area contributed by atoms with Crippen molar-refractivity contribution in [1.82, 2.24) is 5.32 Å². The molecule has 0 amide bonds. The molecule has 0 aromatic heterocycles. The number of hydrogen-bond donors (Lipinski definition) is 1. The molecule has 0 fully saturated rings. The minimum Gasteiger partial charge on any atom is -0.377 e. The Kier molecular flexibility index (Phi) is 7.76. The van der Waals surface area contributed by atoms with Gasteiger partial charge in [0, 0.05) is 0 Å². The van der Waals surface area contributed by atoms with E-state index in [1.54, 1.807) is 0 Å². The quantitative estimate of drug-likeness (QED) is 0.724. The van der Waals surface area contributed by atoms with E-state index in [1.165, 1.54) is 24.0 Å². The minimum absolute atomic E-state index is 0.287. The summed E-state index contributed by atoms with van der Waals surface area (Å²) in [5, 5.41) is 3.34. The average molecular weight is 263 g/mol. The second kappa shape index (κ2) is 9.11. The second-order valence-corrected chi connectivity index (χ2v) is 5.27. The maximum Gasteiger partial charge on any atom is 0.0665 e. The van der Waals surface area contributed by atoms with Gasteiger partial charge in [-0.25, -0.2) is 0 Å². The summed E-state index contributed by atoms with van der Waals surface area (Å²) in [6, 6.07) is 9.20. The molecule has 0 heterocycles. The molecule has 1 aromatic carbocycles. The predicted octanol–water partition coefficient (Wildman–Crippen LogP) is 4.10. The normalized spacial score (nSPS) is 14.3. The largest absolute Gasteiger partial charge is 0.377 e. The number of ether oxygens (including phenoxy) is 1. The van der Waals surface area contributed by atoms with Crippen molar-refractivity contribution in [2.24, 2.45) is 0 Å². The molecule has 0 aliphatic heterocycles. The minimum atomic E-state index is 0.287. The molecule has 0 spiro atoms. The fourth-order valence-corrected chi connectivity index (χ4v) is 2.30. The van der Waals surface area contributed by atoms with Crippen LogP contribution >= 0.6 is 0 Å². The number of nitrogens with one attached hydrogen (secondary N) is 1. The van der Waals surface area contributed by atoms with Gasteiger partial charge in [-0.1, -0.05) is 51.0 Å². The fourth-order valence-electron chi connectivity index (χ4n) is 2.30. The van der Waals surface area contributed by atoms with Crippen LogP contribution in [-0.4, -0.2) is 19.8 Å². The van der Waals surface area contributed by atoms with Crippen LogP contribution in [0.1, 0.15) is 57.2 Å². The lowest BCUT2D eigenvalue weighted by Crippen LogP contribution is -2.24. The van der Waals surface area contributed by atoms with Gasteiger partial charge >= 0.3 is 0 Å². The second-order valence-electron chi connectivity index (χ2n) is 5.27. The van der Waals surface area contributed by atoms with E-state index >= 15 is 0 Å². The van der Waals surface area contributed by atoms with Gasteiger partial charge < -0.3 is 10.1 Å². The van der Waals surface area contributed by atoms with Crippen molar-refractivity contribution in [2.75, 3.05) is 13.7 Å². The molecule has 0 bridgehead atoms. The Morgan fingerprint density at radius 2 is 1.79 bits per heavy atom. The molecule has 0 aliphatic carbocycles. The van der Waals surface area contributed by atoms with E-state index in [2.05, 4.69) is 50.4 Å². The molecule has 0 saturated carbocycles. The molecule has 2 unspecified atom stereocenters. The Morgan fingerprint density at radius 3 is 2.32 bits per heavy atom. The highest BCUT2D eigenvalue weighted by Gasteiger charge is 2.11. The van der Waals surface area contributed by atoms with E-state index in [0.29, 0.717) is 6.10 Å². The SMILES string of the molecule is CCCc1ccc(C(COC(C)CCC)NC)cc1. The van der Waals surface area contributed by atoms with Crippen molar-refractivity contribution in [3.05, 3.63) is 35.4 Å². The zero-order valence-electron chi connectivity index (χ0n) is 12.9. The Hall–Kier alpha value is -0.860. The summed E-state index contributed by atoms with van der Waals surface area (Å²) in [5.74, 6) is 0. The van der Waals surface area contributed by atoms with Crippen molar-refractivity contribution >= 4 is 0 Å². The lowest BCUT2D eigenvalue weighted by atomic mass is 10.0. The van der Waals surface area contributed by atoms with Crippen molar-refractivity contribution in [3.8, 4) is 0 Å². The number of aryl methyl sites for hydroxylation is 1.